The lowest BCUT2D eigenvalue weighted by Crippen LogP contribution is -2.34. The Labute approximate surface area is 231 Å². The van der Waals surface area contributed by atoms with Gasteiger partial charge in [-0.1, -0.05) is 12.8 Å². The average molecular weight is 551 g/mol. The summed E-state index contributed by atoms with van der Waals surface area (Å²) in [6.45, 7) is 15.8. The lowest BCUT2D eigenvalue weighted by atomic mass is 10.2. The summed E-state index contributed by atoms with van der Waals surface area (Å²) in [5, 5.41) is 2.64. The third kappa shape index (κ3) is 29.5. The normalized spacial score (nSPS) is 11.8. The molecule has 11 nitrogen and oxygen atoms in total. The summed E-state index contributed by atoms with van der Waals surface area (Å²) >= 11 is 0. The van der Waals surface area contributed by atoms with Crippen LogP contribution in [0.25, 0.3) is 0 Å². The molecule has 228 valence electrons. The molecule has 0 heterocycles. The van der Waals surface area contributed by atoms with E-state index in [9.17, 15) is 4.79 Å². The Morgan fingerprint density at radius 3 is 1.45 bits per heavy atom. The highest BCUT2D eigenvalue weighted by Gasteiger charge is 2.15. The second-order valence-corrected chi connectivity index (χ2v) is 10.0. The lowest BCUT2D eigenvalue weighted by Gasteiger charge is -2.22. The molecule has 11 heteroatoms. The van der Waals surface area contributed by atoms with E-state index >= 15 is 0 Å². The highest BCUT2D eigenvalue weighted by atomic mass is 16.6. The number of carbonyl (C=O) groups excluding carboxylic acids is 1. The lowest BCUT2D eigenvalue weighted by molar-refractivity contribution is -0.0122. The van der Waals surface area contributed by atoms with Crippen LogP contribution >= 0.6 is 0 Å². The van der Waals surface area contributed by atoms with Gasteiger partial charge in [0.05, 0.1) is 66.1 Å². The maximum absolute atomic E-state index is 11.5. The zero-order chi connectivity index (χ0) is 28.2. The summed E-state index contributed by atoms with van der Waals surface area (Å²) in [7, 11) is 0. The maximum Gasteiger partial charge on any atom is 0.407 e. The van der Waals surface area contributed by atoms with Crippen LogP contribution < -0.4 is 16.8 Å². The van der Waals surface area contributed by atoms with Crippen LogP contribution in [-0.4, -0.2) is 122 Å². The molecule has 0 saturated carbocycles. The SMILES string of the molecule is CC(C)(C)OC(=O)NCCOCCOCCOCCOCCOCCN(CCCCCN)CCCCCN. The van der Waals surface area contributed by atoms with Crippen molar-refractivity contribution in [3.8, 4) is 0 Å². The first-order valence-electron chi connectivity index (χ1n) is 14.4. The van der Waals surface area contributed by atoms with Gasteiger partial charge in [-0.15, -0.1) is 0 Å². The Morgan fingerprint density at radius 1 is 0.605 bits per heavy atom. The van der Waals surface area contributed by atoms with Crippen LogP contribution in [-0.2, 0) is 28.4 Å². The summed E-state index contributed by atoms with van der Waals surface area (Å²) in [6.07, 6.45) is 6.49. The van der Waals surface area contributed by atoms with Crippen LogP contribution in [0.3, 0.4) is 0 Å². The molecule has 0 saturated heterocycles. The monoisotopic (exact) mass is 550 g/mol. The highest BCUT2D eigenvalue weighted by molar-refractivity contribution is 5.67. The van der Waals surface area contributed by atoms with Crippen molar-refractivity contribution in [2.75, 3.05) is 105 Å². The summed E-state index contributed by atoms with van der Waals surface area (Å²) in [4.78, 5) is 14.0. The molecule has 38 heavy (non-hydrogen) atoms. The Hall–Kier alpha value is -1.05. The van der Waals surface area contributed by atoms with Crippen LogP contribution in [0.2, 0.25) is 0 Å². The standard InChI is InChI=1S/C27H58N4O7/c1-27(2,3)38-26(32)30-12-16-33-18-20-35-22-24-37-25-23-36-21-19-34-17-15-31(13-8-4-6-10-28)14-9-5-7-11-29/h4-25,28-29H2,1-3H3,(H,30,32). The Morgan fingerprint density at radius 2 is 1.03 bits per heavy atom. The van der Waals surface area contributed by atoms with Crippen LogP contribution in [0, 0.1) is 0 Å². The number of rotatable bonds is 28. The van der Waals surface area contributed by atoms with Gasteiger partial charge in [0.1, 0.15) is 5.60 Å². The summed E-state index contributed by atoms with van der Waals surface area (Å²) in [5.41, 5.74) is 10.7. The molecule has 0 aromatic carbocycles. The molecule has 0 aliphatic heterocycles. The number of nitrogens with zero attached hydrogens (tertiary/aromatic N) is 1. The summed E-state index contributed by atoms with van der Waals surface area (Å²) in [5.74, 6) is 0. The Bertz CT molecular complexity index is 498. The van der Waals surface area contributed by atoms with Gasteiger partial charge in [0.15, 0.2) is 0 Å². The quantitative estimate of drug-likeness (QED) is 0.124. The zero-order valence-corrected chi connectivity index (χ0v) is 24.5. The average Bonchev–Trinajstić information content (AvgIpc) is 2.86. The first-order valence-corrected chi connectivity index (χ1v) is 14.4. The summed E-state index contributed by atoms with van der Waals surface area (Å²) < 4.78 is 32.8. The van der Waals surface area contributed by atoms with Crippen molar-refractivity contribution in [3.63, 3.8) is 0 Å². The molecule has 0 aliphatic carbocycles. The van der Waals surface area contributed by atoms with Crippen molar-refractivity contribution < 1.29 is 33.2 Å². The molecule has 0 spiro atoms. The van der Waals surface area contributed by atoms with Gasteiger partial charge >= 0.3 is 6.09 Å². The second kappa shape index (κ2) is 27.5. The number of amides is 1. The molecule has 0 aromatic rings. The molecule has 0 atom stereocenters. The van der Waals surface area contributed by atoms with Gasteiger partial charge in [-0.05, 0) is 72.6 Å². The van der Waals surface area contributed by atoms with Crippen molar-refractivity contribution in [3.05, 3.63) is 0 Å². The van der Waals surface area contributed by atoms with Crippen LogP contribution in [0.4, 0.5) is 4.79 Å². The fraction of sp³-hybridized carbons (Fsp3) is 0.963. The van der Waals surface area contributed by atoms with E-state index in [4.69, 9.17) is 39.9 Å². The molecule has 0 rings (SSSR count). The zero-order valence-electron chi connectivity index (χ0n) is 24.5. The van der Waals surface area contributed by atoms with E-state index in [0.29, 0.717) is 66.0 Å². The second-order valence-electron chi connectivity index (χ2n) is 10.0. The Kier molecular flexibility index (Phi) is 26.8. The Balaban J connectivity index is 3.44. The van der Waals surface area contributed by atoms with Crippen molar-refractivity contribution in [2.24, 2.45) is 11.5 Å². The fourth-order valence-electron chi connectivity index (χ4n) is 3.36. The van der Waals surface area contributed by atoms with E-state index in [1.807, 2.05) is 20.8 Å². The predicted octanol–water partition coefficient (Wildman–Crippen LogP) is 2.15. The van der Waals surface area contributed by atoms with Crippen LogP contribution in [0.1, 0.15) is 59.3 Å². The topological polar surface area (TPSA) is 140 Å². The van der Waals surface area contributed by atoms with Gasteiger partial charge in [0.25, 0.3) is 0 Å². The van der Waals surface area contributed by atoms with E-state index in [1.54, 1.807) is 0 Å². The minimum atomic E-state index is -0.501. The number of hydrogen-bond acceptors (Lipinski definition) is 10. The number of hydrogen-bond donors (Lipinski definition) is 3. The van der Waals surface area contributed by atoms with Crippen molar-refractivity contribution in [1.29, 1.82) is 0 Å². The predicted molar refractivity (Wildman–Crippen MR) is 151 cm³/mol. The van der Waals surface area contributed by atoms with E-state index in [1.165, 1.54) is 25.7 Å². The molecule has 0 aromatic heterocycles. The first kappa shape index (κ1) is 37.0. The molecule has 0 unspecified atom stereocenters. The third-order valence-corrected chi connectivity index (χ3v) is 5.31. The molecule has 0 bridgehead atoms. The van der Waals surface area contributed by atoms with Crippen LogP contribution in [0.5, 0.6) is 0 Å². The van der Waals surface area contributed by atoms with E-state index in [2.05, 4.69) is 10.2 Å². The molecular formula is C27H58N4O7. The number of nitrogens with two attached hydrogens (primary N) is 2. The van der Waals surface area contributed by atoms with Crippen molar-refractivity contribution in [1.82, 2.24) is 10.2 Å². The minimum absolute atomic E-state index is 0.396. The largest absolute Gasteiger partial charge is 0.444 e. The number of ether oxygens (including phenoxy) is 6. The first-order chi connectivity index (χ1) is 18.4. The number of carbonyl (C=O) groups is 1. The molecule has 0 fully saturated rings. The van der Waals surface area contributed by atoms with E-state index < -0.39 is 11.7 Å². The number of alkyl carbamates (subject to hydrolysis) is 1. The highest BCUT2D eigenvalue weighted by Crippen LogP contribution is 2.06. The smallest absolute Gasteiger partial charge is 0.407 e. The van der Waals surface area contributed by atoms with Gasteiger partial charge in [0.2, 0.25) is 0 Å². The minimum Gasteiger partial charge on any atom is -0.444 e. The molecule has 1 amide bonds. The number of unbranched alkanes of at least 4 members (excludes halogenated alkanes) is 4. The summed E-state index contributed by atoms with van der Waals surface area (Å²) in [6, 6.07) is 0. The molecule has 5 N–H and O–H groups in total. The van der Waals surface area contributed by atoms with Crippen LogP contribution in [0.15, 0.2) is 0 Å². The van der Waals surface area contributed by atoms with Gasteiger partial charge in [-0.3, -0.25) is 0 Å². The van der Waals surface area contributed by atoms with Gasteiger partial charge in [-0.2, -0.15) is 0 Å². The molecular weight excluding hydrogens is 492 g/mol. The van der Waals surface area contributed by atoms with Crippen molar-refractivity contribution in [2.45, 2.75) is 64.9 Å². The molecule has 0 radical (unpaired) electrons. The van der Waals surface area contributed by atoms with Gasteiger partial charge < -0.3 is 50.1 Å². The van der Waals surface area contributed by atoms with E-state index in [-0.39, 0.29) is 0 Å². The maximum atomic E-state index is 11.5. The van der Waals surface area contributed by atoms with Gasteiger partial charge in [0, 0.05) is 13.1 Å². The molecule has 0 aliphatic rings. The third-order valence-electron chi connectivity index (χ3n) is 5.31. The van der Waals surface area contributed by atoms with Gasteiger partial charge in [-0.25, -0.2) is 4.79 Å². The van der Waals surface area contributed by atoms with E-state index in [0.717, 1.165) is 52.2 Å². The fourth-order valence-corrected chi connectivity index (χ4v) is 3.36. The van der Waals surface area contributed by atoms with Crippen molar-refractivity contribution >= 4 is 6.09 Å². The number of nitrogens with one attached hydrogen (secondary N) is 1.